The van der Waals surface area contributed by atoms with Gasteiger partial charge in [-0.1, -0.05) is 0 Å². The summed E-state index contributed by atoms with van der Waals surface area (Å²) in [6.07, 6.45) is 1.70. The molecule has 0 aromatic carbocycles. The van der Waals surface area contributed by atoms with Crippen molar-refractivity contribution >= 4 is 6.03 Å². The minimum atomic E-state index is -2.59. The highest BCUT2D eigenvalue weighted by atomic mass is 19.3. The summed E-state index contributed by atoms with van der Waals surface area (Å²) in [7, 11) is 0. The van der Waals surface area contributed by atoms with Crippen molar-refractivity contribution in [3.05, 3.63) is 0 Å². The molecule has 3 fully saturated rings. The van der Waals surface area contributed by atoms with Gasteiger partial charge < -0.3 is 9.80 Å². The topological polar surface area (TPSA) is 26.8 Å². The van der Waals surface area contributed by atoms with Gasteiger partial charge in [-0.15, -0.1) is 0 Å². The maximum atomic E-state index is 13.2. The molecule has 0 aliphatic carbocycles. The summed E-state index contributed by atoms with van der Waals surface area (Å²) in [5, 5.41) is 0. The Balaban J connectivity index is 1.64. The van der Waals surface area contributed by atoms with Crippen molar-refractivity contribution in [1.29, 1.82) is 0 Å². The number of alkyl halides is 2. The Hall–Kier alpha value is -0.910. The highest BCUT2D eigenvalue weighted by Gasteiger charge is 2.45. The normalized spacial score (nSPS) is 32.8. The second-order valence-electron chi connectivity index (χ2n) is 6.97. The molecule has 0 aromatic heterocycles. The molecule has 21 heavy (non-hydrogen) atoms. The number of piperidine rings is 1. The van der Waals surface area contributed by atoms with Crippen molar-refractivity contribution in [3.63, 3.8) is 0 Å². The van der Waals surface area contributed by atoms with E-state index in [9.17, 15) is 13.6 Å². The number of urea groups is 1. The molecule has 0 saturated carbocycles. The Bertz CT molecular complexity index is 392. The number of hydrogen-bond acceptors (Lipinski definition) is 2. The molecular formula is C15H25F2N3O. The molecule has 0 aromatic rings. The van der Waals surface area contributed by atoms with Gasteiger partial charge in [0.2, 0.25) is 0 Å². The van der Waals surface area contributed by atoms with E-state index in [4.69, 9.17) is 0 Å². The smallest absolute Gasteiger partial charge is 0.320 e. The first kappa shape index (κ1) is 15.0. The number of carbonyl (C=O) groups excluding carboxylic acids is 1. The number of hydrogen-bond donors (Lipinski definition) is 0. The first-order valence-electron chi connectivity index (χ1n) is 8.06. The zero-order chi connectivity index (χ0) is 15.2. The third-order valence-corrected chi connectivity index (χ3v) is 5.23. The van der Waals surface area contributed by atoms with Gasteiger partial charge >= 0.3 is 6.03 Å². The molecule has 3 aliphatic rings. The van der Waals surface area contributed by atoms with Crippen molar-refractivity contribution in [2.24, 2.45) is 0 Å². The standard InChI is InChI=1S/C15H25F2N3O/c1-11(2)19-9-12-3-4-13(10-19)20(12)14(21)18-7-5-15(16,17)6-8-18/h11-13H,3-10H2,1-2H3. The quantitative estimate of drug-likeness (QED) is 0.743. The summed E-state index contributed by atoms with van der Waals surface area (Å²) in [4.78, 5) is 18.7. The summed E-state index contributed by atoms with van der Waals surface area (Å²) in [5.74, 6) is -2.59. The van der Waals surface area contributed by atoms with E-state index in [1.54, 1.807) is 4.90 Å². The first-order valence-corrected chi connectivity index (χ1v) is 8.06. The molecule has 6 heteroatoms. The minimum Gasteiger partial charge on any atom is -0.324 e. The van der Waals surface area contributed by atoms with Crippen molar-refractivity contribution in [1.82, 2.24) is 14.7 Å². The minimum absolute atomic E-state index is 0.0126. The fraction of sp³-hybridized carbons (Fsp3) is 0.933. The zero-order valence-electron chi connectivity index (χ0n) is 12.9. The van der Waals surface area contributed by atoms with Gasteiger partial charge in [0.25, 0.3) is 5.92 Å². The van der Waals surface area contributed by atoms with Crippen molar-refractivity contribution in [2.75, 3.05) is 26.2 Å². The lowest BCUT2D eigenvalue weighted by Crippen LogP contribution is -2.60. The molecule has 0 radical (unpaired) electrons. The van der Waals surface area contributed by atoms with E-state index < -0.39 is 5.92 Å². The Labute approximate surface area is 125 Å². The fourth-order valence-electron chi connectivity index (χ4n) is 3.86. The molecule has 3 heterocycles. The Kier molecular flexibility index (Phi) is 3.84. The molecule has 4 nitrogen and oxygen atoms in total. The molecule has 3 aliphatic heterocycles. The summed E-state index contributed by atoms with van der Waals surface area (Å²) in [6.45, 7) is 6.59. The van der Waals surface area contributed by atoms with E-state index in [0.29, 0.717) is 6.04 Å². The van der Waals surface area contributed by atoms with Crippen LogP contribution in [0.3, 0.4) is 0 Å². The number of rotatable bonds is 1. The number of carbonyl (C=O) groups is 1. The van der Waals surface area contributed by atoms with Gasteiger partial charge in [-0.2, -0.15) is 0 Å². The highest BCUT2D eigenvalue weighted by molar-refractivity contribution is 5.76. The lowest BCUT2D eigenvalue weighted by Gasteiger charge is -2.45. The van der Waals surface area contributed by atoms with Gasteiger partial charge in [-0.25, -0.2) is 13.6 Å². The van der Waals surface area contributed by atoms with E-state index in [-0.39, 0.29) is 44.0 Å². The predicted octanol–water partition coefficient (Wildman–Crippen LogP) is 2.39. The molecular weight excluding hydrogens is 276 g/mol. The number of likely N-dealkylation sites (tertiary alicyclic amines) is 2. The molecule has 2 atom stereocenters. The highest BCUT2D eigenvalue weighted by Crippen LogP contribution is 2.34. The number of halogens is 2. The lowest BCUT2D eigenvalue weighted by molar-refractivity contribution is -0.0517. The molecule has 3 rings (SSSR count). The van der Waals surface area contributed by atoms with Crippen LogP contribution in [0.25, 0.3) is 0 Å². The summed E-state index contributed by atoms with van der Waals surface area (Å²) in [6, 6.07) is 1.02. The predicted molar refractivity (Wildman–Crippen MR) is 76.5 cm³/mol. The SMILES string of the molecule is CC(C)N1CC2CCC(C1)N2C(=O)N1CCC(F)(F)CC1. The fourth-order valence-corrected chi connectivity index (χ4v) is 3.86. The van der Waals surface area contributed by atoms with Gasteiger partial charge in [0.1, 0.15) is 0 Å². The molecule has 2 amide bonds. The molecule has 2 unspecified atom stereocenters. The van der Waals surface area contributed by atoms with Crippen LogP contribution in [0.15, 0.2) is 0 Å². The van der Waals surface area contributed by atoms with E-state index >= 15 is 0 Å². The Morgan fingerprint density at radius 3 is 2.10 bits per heavy atom. The van der Waals surface area contributed by atoms with Crippen LogP contribution < -0.4 is 0 Å². The van der Waals surface area contributed by atoms with Crippen LogP contribution in [0.5, 0.6) is 0 Å². The maximum absolute atomic E-state index is 13.2. The van der Waals surface area contributed by atoms with Gasteiger partial charge in [0.15, 0.2) is 0 Å². The van der Waals surface area contributed by atoms with Crippen LogP contribution in [0.1, 0.15) is 39.5 Å². The largest absolute Gasteiger partial charge is 0.324 e. The number of fused-ring (bicyclic) bond motifs is 2. The van der Waals surface area contributed by atoms with Crippen LogP contribution in [-0.2, 0) is 0 Å². The van der Waals surface area contributed by atoms with Crippen LogP contribution in [0, 0.1) is 0 Å². The number of amides is 2. The number of nitrogens with zero attached hydrogens (tertiary/aromatic N) is 3. The zero-order valence-corrected chi connectivity index (χ0v) is 12.9. The summed E-state index contributed by atoms with van der Waals surface area (Å²) >= 11 is 0. The van der Waals surface area contributed by atoms with Crippen LogP contribution in [-0.4, -0.2) is 71.0 Å². The molecule has 3 saturated heterocycles. The van der Waals surface area contributed by atoms with E-state index in [1.807, 2.05) is 4.90 Å². The van der Waals surface area contributed by atoms with Crippen LogP contribution >= 0.6 is 0 Å². The average Bonchev–Trinajstić information content (AvgIpc) is 2.68. The van der Waals surface area contributed by atoms with E-state index in [2.05, 4.69) is 18.7 Å². The van der Waals surface area contributed by atoms with E-state index in [0.717, 1.165) is 25.9 Å². The first-order chi connectivity index (χ1) is 9.87. The third kappa shape index (κ3) is 2.87. The molecule has 0 N–H and O–H groups in total. The van der Waals surface area contributed by atoms with Crippen molar-refractivity contribution in [3.8, 4) is 0 Å². The monoisotopic (exact) mass is 301 g/mol. The van der Waals surface area contributed by atoms with Gasteiger partial charge in [0.05, 0.1) is 0 Å². The second-order valence-corrected chi connectivity index (χ2v) is 6.97. The van der Waals surface area contributed by atoms with Crippen molar-refractivity contribution in [2.45, 2.75) is 63.6 Å². The molecule has 120 valence electrons. The second kappa shape index (κ2) is 5.38. The molecule has 2 bridgehead atoms. The van der Waals surface area contributed by atoms with Gasteiger partial charge in [0, 0.05) is 57.1 Å². The number of piperazine rings is 1. The van der Waals surface area contributed by atoms with Gasteiger partial charge in [-0.05, 0) is 26.7 Å². The van der Waals surface area contributed by atoms with Crippen LogP contribution in [0.4, 0.5) is 13.6 Å². The summed E-state index contributed by atoms with van der Waals surface area (Å²) < 4.78 is 26.5. The Morgan fingerprint density at radius 1 is 1.10 bits per heavy atom. The van der Waals surface area contributed by atoms with Crippen molar-refractivity contribution < 1.29 is 13.6 Å². The lowest BCUT2D eigenvalue weighted by atomic mass is 10.1. The van der Waals surface area contributed by atoms with Gasteiger partial charge in [-0.3, -0.25) is 4.90 Å². The maximum Gasteiger partial charge on any atom is 0.320 e. The van der Waals surface area contributed by atoms with Crippen LogP contribution in [0.2, 0.25) is 0 Å². The average molecular weight is 301 g/mol. The summed E-state index contributed by atoms with van der Waals surface area (Å²) in [5.41, 5.74) is 0. The molecule has 0 spiro atoms. The Morgan fingerprint density at radius 2 is 1.62 bits per heavy atom. The van der Waals surface area contributed by atoms with E-state index in [1.165, 1.54) is 0 Å². The third-order valence-electron chi connectivity index (χ3n) is 5.23.